The first-order valence-electron chi connectivity index (χ1n) is 5.76. The number of rotatable bonds is 5. The summed E-state index contributed by atoms with van der Waals surface area (Å²) in [7, 11) is -3.11. The molecule has 0 saturated heterocycles. The Morgan fingerprint density at radius 1 is 1.17 bits per heavy atom. The fourth-order valence-electron chi connectivity index (χ4n) is 1.25. The molecule has 3 nitrogen and oxygen atoms in total. The zero-order valence-electron chi connectivity index (χ0n) is 10.9. The van der Waals surface area contributed by atoms with Gasteiger partial charge in [-0.3, -0.25) is 0 Å². The summed E-state index contributed by atoms with van der Waals surface area (Å²) in [6.45, 7) is 5.29. The van der Waals surface area contributed by atoms with Gasteiger partial charge in [0.2, 0.25) is 0 Å². The molecular formula is C13H19BrO3S. The summed E-state index contributed by atoms with van der Waals surface area (Å²) in [5.41, 5.74) is 1.16. The maximum Gasteiger partial charge on any atom is 0.158 e. The highest BCUT2D eigenvalue weighted by molar-refractivity contribution is 9.08. The minimum absolute atomic E-state index is 0.0384. The van der Waals surface area contributed by atoms with Crippen LogP contribution < -0.4 is 4.74 Å². The highest BCUT2D eigenvalue weighted by Crippen LogP contribution is 2.17. The zero-order valence-corrected chi connectivity index (χ0v) is 13.3. The zero-order chi connectivity index (χ0) is 13.8. The number of hydrogen-bond acceptors (Lipinski definition) is 3. The molecule has 1 aromatic rings. The van der Waals surface area contributed by atoms with Crippen molar-refractivity contribution in [2.24, 2.45) is 0 Å². The van der Waals surface area contributed by atoms with Crippen molar-refractivity contribution < 1.29 is 13.2 Å². The Balaban J connectivity index is 2.52. The van der Waals surface area contributed by atoms with E-state index in [9.17, 15) is 8.42 Å². The van der Waals surface area contributed by atoms with Gasteiger partial charge in [0.05, 0.1) is 10.5 Å². The molecule has 0 atom stereocenters. The summed E-state index contributed by atoms with van der Waals surface area (Å²) in [4.78, 5) is 0. The van der Waals surface area contributed by atoms with E-state index in [4.69, 9.17) is 4.74 Å². The molecule has 0 aliphatic rings. The van der Waals surface area contributed by atoms with Gasteiger partial charge < -0.3 is 4.74 Å². The molecule has 0 saturated carbocycles. The molecule has 5 heteroatoms. The molecule has 0 amide bonds. The van der Waals surface area contributed by atoms with Crippen LogP contribution in [0.3, 0.4) is 0 Å². The molecule has 0 aliphatic heterocycles. The Bertz CT molecular complexity index is 472. The third-order valence-corrected chi connectivity index (χ3v) is 5.85. The molecule has 0 unspecified atom stereocenters. The van der Waals surface area contributed by atoms with Crippen LogP contribution in [0.5, 0.6) is 5.75 Å². The fourth-order valence-corrected chi connectivity index (χ4v) is 2.54. The monoisotopic (exact) mass is 334 g/mol. The average molecular weight is 335 g/mol. The summed E-state index contributed by atoms with van der Waals surface area (Å²) >= 11 is 3.36. The van der Waals surface area contributed by atoms with Gasteiger partial charge in [-0.05, 0) is 38.5 Å². The van der Waals surface area contributed by atoms with E-state index in [0.717, 1.165) is 10.9 Å². The second-order valence-corrected chi connectivity index (χ2v) is 8.48. The largest absolute Gasteiger partial charge is 0.493 e. The molecule has 0 fully saturated rings. The molecule has 1 rings (SSSR count). The first kappa shape index (κ1) is 15.5. The maximum absolute atomic E-state index is 11.9. The highest BCUT2D eigenvalue weighted by Gasteiger charge is 2.28. The van der Waals surface area contributed by atoms with Crippen LogP contribution in [0, 0.1) is 0 Å². The summed E-state index contributed by atoms with van der Waals surface area (Å²) in [5, 5.41) is 0.797. The van der Waals surface area contributed by atoms with Gasteiger partial charge in [-0.1, -0.05) is 28.1 Å². The number of benzene rings is 1. The van der Waals surface area contributed by atoms with Crippen LogP contribution in [0.25, 0.3) is 0 Å². The van der Waals surface area contributed by atoms with Crippen LogP contribution in [-0.4, -0.2) is 25.5 Å². The molecule has 0 bridgehead atoms. The van der Waals surface area contributed by atoms with Crippen LogP contribution in [-0.2, 0) is 15.2 Å². The average Bonchev–Trinajstić information content (AvgIpc) is 2.28. The SMILES string of the molecule is CC(C)(C)S(=O)(=O)CCOc1ccc(CBr)cc1. The predicted octanol–water partition coefficient (Wildman–Crippen LogP) is 3.17. The lowest BCUT2D eigenvalue weighted by atomic mass is 10.2. The Labute approximate surface area is 118 Å². The lowest BCUT2D eigenvalue weighted by Crippen LogP contribution is -2.32. The van der Waals surface area contributed by atoms with Gasteiger partial charge in [0, 0.05) is 5.33 Å². The quantitative estimate of drug-likeness (QED) is 0.777. The van der Waals surface area contributed by atoms with E-state index in [1.54, 1.807) is 20.8 Å². The van der Waals surface area contributed by atoms with Crippen LogP contribution >= 0.6 is 15.9 Å². The fraction of sp³-hybridized carbons (Fsp3) is 0.538. The lowest BCUT2D eigenvalue weighted by molar-refractivity contribution is 0.339. The van der Waals surface area contributed by atoms with Crippen LogP contribution in [0.1, 0.15) is 26.3 Å². The van der Waals surface area contributed by atoms with Gasteiger partial charge in [-0.25, -0.2) is 8.42 Å². The molecule has 0 spiro atoms. The number of ether oxygens (including phenoxy) is 1. The van der Waals surface area contributed by atoms with E-state index in [1.807, 2.05) is 24.3 Å². The molecule has 102 valence electrons. The number of hydrogen-bond donors (Lipinski definition) is 0. The Kier molecular flexibility index (Phi) is 5.22. The van der Waals surface area contributed by atoms with Crippen molar-refractivity contribution in [1.29, 1.82) is 0 Å². The van der Waals surface area contributed by atoms with Crippen molar-refractivity contribution in [3.63, 3.8) is 0 Å². The Hall–Kier alpha value is -0.550. The second kappa shape index (κ2) is 6.06. The minimum atomic E-state index is -3.11. The van der Waals surface area contributed by atoms with Crippen molar-refractivity contribution in [3.05, 3.63) is 29.8 Å². The van der Waals surface area contributed by atoms with E-state index in [0.29, 0.717) is 5.75 Å². The van der Waals surface area contributed by atoms with Crippen molar-refractivity contribution >= 4 is 25.8 Å². The highest BCUT2D eigenvalue weighted by atomic mass is 79.9. The van der Waals surface area contributed by atoms with Crippen molar-refractivity contribution in [2.45, 2.75) is 30.8 Å². The van der Waals surface area contributed by atoms with Crippen molar-refractivity contribution in [1.82, 2.24) is 0 Å². The van der Waals surface area contributed by atoms with Gasteiger partial charge in [0.25, 0.3) is 0 Å². The molecule has 0 aliphatic carbocycles. The van der Waals surface area contributed by atoms with Crippen molar-refractivity contribution in [3.8, 4) is 5.75 Å². The van der Waals surface area contributed by atoms with Crippen LogP contribution in [0.15, 0.2) is 24.3 Å². The molecule has 0 aromatic heterocycles. The Morgan fingerprint density at radius 3 is 2.17 bits per heavy atom. The lowest BCUT2D eigenvalue weighted by Gasteiger charge is -2.19. The molecule has 18 heavy (non-hydrogen) atoms. The first-order chi connectivity index (χ1) is 8.26. The van der Waals surface area contributed by atoms with E-state index < -0.39 is 14.6 Å². The van der Waals surface area contributed by atoms with E-state index in [-0.39, 0.29) is 12.4 Å². The standard InChI is InChI=1S/C13H19BrO3S/c1-13(2,3)18(15,16)9-8-17-12-6-4-11(10-14)5-7-12/h4-7H,8-10H2,1-3H3. The second-order valence-electron chi connectivity index (χ2n) is 5.06. The number of halogens is 1. The van der Waals surface area contributed by atoms with Gasteiger partial charge >= 0.3 is 0 Å². The smallest absolute Gasteiger partial charge is 0.158 e. The van der Waals surface area contributed by atoms with Gasteiger partial charge in [0.15, 0.2) is 9.84 Å². The van der Waals surface area contributed by atoms with E-state index in [2.05, 4.69) is 15.9 Å². The molecule has 0 heterocycles. The van der Waals surface area contributed by atoms with Crippen LogP contribution in [0.4, 0.5) is 0 Å². The third kappa shape index (κ3) is 4.28. The summed E-state index contributed by atoms with van der Waals surface area (Å²) < 4.78 is 28.4. The van der Waals surface area contributed by atoms with Crippen LogP contribution in [0.2, 0.25) is 0 Å². The first-order valence-corrected chi connectivity index (χ1v) is 8.53. The topological polar surface area (TPSA) is 43.4 Å². The molecule has 1 aromatic carbocycles. The summed E-state index contributed by atoms with van der Waals surface area (Å²) in [6, 6.07) is 7.59. The van der Waals surface area contributed by atoms with Gasteiger partial charge in [-0.2, -0.15) is 0 Å². The third-order valence-electron chi connectivity index (χ3n) is 2.63. The van der Waals surface area contributed by atoms with Gasteiger partial charge in [0.1, 0.15) is 12.4 Å². The maximum atomic E-state index is 11.9. The normalized spacial score (nSPS) is 12.4. The van der Waals surface area contributed by atoms with Gasteiger partial charge in [-0.15, -0.1) is 0 Å². The molecule has 0 radical (unpaired) electrons. The Morgan fingerprint density at radius 2 is 1.72 bits per heavy atom. The van der Waals surface area contributed by atoms with E-state index in [1.165, 1.54) is 0 Å². The van der Waals surface area contributed by atoms with Crippen molar-refractivity contribution in [2.75, 3.05) is 12.4 Å². The van der Waals surface area contributed by atoms with E-state index >= 15 is 0 Å². The minimum Gasteiger partial charge on any atom is -0.493 e. The predicted molar refractivity (Wildman–Crippen MR) is 78.1 cm³/mol. The summed E-state index contributed by atoms with van der Waals surface area (Å²) in [5.74, 6) is 0.736. The summed E-state index contributed by atoms with van der Waals surface area (Å²) in [6.07, 6.45) is 0. The molecule has 0 N–H and O–H groups in total. The number of alkyl halides is 1. The molecular weight excluding hydrogens is 316 g/mol. The number of sulfone groups is 1.